The minimum absolute atomic E-state index is 0.400. The molecule has 3 unspecified atom stereocenters. The molecule has 0 aromatic heterocycles. The molecule has 3 atom stereocenters. The molecule has 0 aromatic rings. The minimum Gasteiger partial charge on any atom is -0.319 e. The van der Waals surface area contributed by atoms with Gasteiger partial charge >= 0.3 is 8.03 Å². The van der Waals surface area contributed by atoms with Crippen LogP contribution in [-0.2, 0) is 9.13 Å². The van der Waals surface area contributed by atoms with Crippen molar-refractivity contribution in [2.45, 2.75) is 18.2 Å². The molecule has 0 saturated carbocycles. The van der Waals surface area contributed by atoms with Crippen LogP contribution in [0.3, 0.4) is 0 Å². The maximum Gasteiger partial charge on any atom is 0.516 e. The molecule has 3 nitrogen and oxygen atoms in total. The van der Waals surface area contributed by atoms with Crippen molar-refractivity contribution in [3.8, 4) is 0 Å². The quantitative estimate of drug-likeness (QED) is 0.628. The summed E-state index contributed by atoms with van der Waals surface area (Å²) in [5, 5.41) is -0.400. The highest BCUT2D eigenvalue weighted by Crippen LogP contribution is 2.62. The lowest BCUT2D eigenvalue weighted by atomic mass is 10.4. The molecular weight excluding hydrogens is 170 g/mol. The SMILES string of the molecule is CP1(=O)CCCC1[P+](=O)O. The van der Waals surface area contributed by atoms with Crippen molar-refractivity contribution in [2.75, 3.05) is 12.8 Å². The van der Waals surface area contributed by atoms with E-state index < -0.39 is 20.6 Å². The summed E-state index contributed by atoms with van der Waals surface area (Å²) in [6, 6.07) is 0. The van der Waals surface area contributed by atoms with Gasteiger partial charge in [0, 0.05) is 12.6 Å². The molecule has 58 valence electrons. The largest absolute Gasteiger partial charge is 0.516 e. The lowest BCUT2D eigenvalue weighted by Gasteiger charge is -2.01. The fourth-order valence-corrected chi connectivity index (χ4v) is 5.59. The minimum atomic E-state index is -2.24. The van der Waals surface area contributed by atoms with Crippen molar-refractivity contribution in [3.63, 3.8) is 0 Å². The van der Waals surface area contributed by atoms with Gasteiger partial charge in [0.2, 0.25) is 5.40 Å². The summed E-state index contributed by atoms with van der Waals surface area (Å²) in [4.78, 5) is 8.72. The van der Waals surface area contributed by atoms with Crippen molar-refractivity contribution < 1.29 is 14.0 Å². The second-order valence-electron chi connectivity index (χ2n) is 2.82. The lowest BCUT2D eigenvalue weighted by Crippen LogP contribution is -1.94. The number of hydrogen-bond acceptors (Lipinski definition) is 2. The summed E-state index contributed by atoms with van der Waals surface area (Å²) >= 11 is 0. The van der Waals surface area contributed by atoms with Crippen LogP contribution in [0.15, 0.2) is 0 Å². The van der Waals surface area contributed by atoms with Crippen molar-refractivity contribution in [2.24, 2.45) is 0 Å². The Balaban J connectivity index is 2.79. The average molecular weight is 181 g/mol. The maximum absolute atomic E-state index is 11.4. The molecule has 1 saturated heterocycles. The van der Waals surface area contributed by atoms with E-state index in [2.05, 4.69) is 0 Å². The van der Waals surface area contributed by atoms with Crippen molar-refractivity contribution in [3.05, 3.63) is 0 Å². The van der Waals surface area contributed by atoms with Gasteiger partial charge in [0.05, 0.1) is 0 Å². The summed E-state index contributed by atoms with van der Waals surface area (Å²) < 4.78 is 22.0. The van der Waals surface area contributed by atoms with Crippen LogP contribution in [0.4, 0.5) is 0 Å². The molecule has 10 heavy (non-hydrogen) atoms. The molecule has 1 aliphatic heterocycles. The van der Waals surface area contributed by atoms with Crippen LogP contribution in [0.25, 0.3) is 0 Å². The first-order chi connectivity index (χ1) is 4.54. The summed E-state index contributed by atoms with van der Waals surface area (Å²) in [6.45, 7) is 1.63. The summed E-state index contributed by atoms with van der Waals surface area (Å²) in [7, 11) is -4.45. The van der Waals surface area contributed by atoms with E-state index in [4.69, 9.17) is 4.89 Å². The number of rotatable bonds is 1. The van der Waals surface area contributed by atoms with E-state index >= 15 is 0 Å². The summed E-state index contributed by atoms with van der Waals surface area (Å²) in [5.41, 5.74) is 0. The Morgan fingerprint density at radius 3 is 2.50 bits per heavy atom. The predicted octanol–water partition coefficient (Wildman–Crippen LogP) is 1.83. The summed E-state index contributed by atoms with van der Waals surface area (Å²) in [6.07, 6.45) is 2.17. The zero-order chi connectivity index (χ0) is 7.78. The smallest absolute Gasteiger partial charge is 0.319 e. The van der Waals surface area contributed by atoms with Crippen LogP contribution in [0.1, 0.15) is 12.8 Å². The van der Waals surface area contributed by atoms with E-state index in [-0.39, 0.29) is 0 Å². The van der Waals surface area contributed by atoms with E-state index in [9.17, 15) is 9.13 Å². The highest BCUT2D eigenvalue weighted by molar-refractivity contribution is 7.73. The molecule has 5 heteroatoms. The third-order valence-corrected chi connectivity index (χ3v) is 7.50. The fraction of sp³-hybridized carbons (Fsp3) is 1.00. The van der Waals surface area contributed by atoms with E-state index in [1.165, 1.54) is 0 Å². The molecule has 1 aliphatic rings. The van der Waals surface area contributed by atoms with Crippen LogP contribution >= 0.6 is 15.2 Å². The Hall–Kier alpha value is 0.290. The molecule has 1 heterocycles. The first-order valence-electron chi connectivity index (χ1n) is 3.25. The van der Waals surface area contributed by atoms with Crippen LogP contribution in [0, 0.1) is 0 Å². The van der Waals surface area contributed by atoms with Gasteiger partial charge < -0.3 is 4.57 Å². The van der Waals surface area contributed by atoms with E-state index in [1.54, 1.807) is 6.66 Å². The number of hydrogen-bond donors (Lipinski definition) is 1. The topological polar surface area (TPSA) is 54.4 Å². The van der Waals surface area contributed by atoms with Crippen molar-refractivity contribution in [1.82, 2.24) is 0 Å². The highest BCUT2D eigenvalue weighted by Gasteiger charge is 2.46. The maximum atomic E-state index is 11.4. The van der Waals surface area contributed by atoms with Crippen molar-refractivity contribution in [1.29, 1.82) is 0 Å². The molecular formula is C5H11O3P2+. The van der Waals surface area contributed by atoms with Gasteiger partial charge in [-0.25, -0.2) is 0 Å². The van der Waals surface area contributed by atoms with E-state index in [1.807, 2.05) is 0 Å². The van der Waals surface area contributed by atoms with Gasteiger partial charge in [0.25, 0.3) is 0 Å². The van der Waals surface area contributed by atoms with Gasteiger partial charge in [-0.1, -0.05) is 0 Å². The van der Waals surface area contributed by atoms with Gasteiger partial charge in [0.1, 0.15) is 7.14 Å². The van der Waals surface area contributed by atoms with Gasteiger partial charge in [-0.15, -0.1) is 0 Å². The van der Waals surface area contributed by atoms with Crippen LogP contribution in [0.2, 0.25) is 0 Å². The van der Waals surface area contributed by atoms with Crippen LogP contribution in [0.5, 0.6) is 0 Å². The fourth-order valence-electron chi connectivity index (χ4n) is 1.33. The molecule has 0 spiro atoms. The Labute approximate surface area is 61.1 Å². The van der Waals surface area contributed by atoms with Gasteiger partial charge in [-0.2, -0.15) is 4.89 Å². The third kappa shape index (κ3) is 1.47. The highest BCUT2D eigenvalue weighted by atomic mass is 31.2. The molecule has 0 bridgehead atoms. The monoisotopic (exact) mass is 181 g/mol. The standard InChI is InChI=1S/C5H10O3P2/c1-10(8)4-2-3-5(10)9(6)7/h5H,2-4H2,1H3/p+1. The molecule has 0 aromatic carbocycles. The average Bonchev–Trinajstić information content (AvgIpc) is 2.08. The lowest BCUT2D eigenvalue weighted by molar-refractivity contribution is 0.496. The second kappa shape index (κ2) is 2.73. The van der Waals surface area contributed by atoms with E-state index in [0.29, 0.717) is 12.6 Å². The third-order valence-electron chi connectivity index (χ3n) is 1.95. The molecule has 1 N–H and O–H groups in total. The van der Waals surface area contributed by atoms with Gasteiger partial charge in [0.15, 0.2) is 0 Å². The molecule has 0 aliphatic carbocycles. The molecule has 0 amide bonds. The normalized spacial score (nSPS) is 41.8. The second-order valence-corrected chi connectivity index (χ2v) is 7.88. The van der Waals surface area contributed by atoms with Gasteiger partial charge in [-0.3, -0.25) is 0 Å². The zero-order valence-electron chi connectivity index (χ0n) is 5.86. The molecule has 1 fully saturated rings. The first kappa shape index (κ1) is 8.39. The zero-order valence-corrected chi connectivity index (χ0v) is 7.65. The van der Waals surface area contributed by atoms with Crippen molar-refractivity contribution >= 4 is 15.2 Å². The Morgan fingerprint density at radius 2 is 2.30 bits per heavy atom. The molecule has 0 radical (unpaired) electrons. The summed E-state index contributed by atoms with van der Waals surface area (Å²) in [5.74, 6) is 0. The van der Waals surface area contributed by atoms with E-state index in [0.717, 1.165) is 6.42 Å². The van der Waals surface area contributed by atoms with Crippen LogP contribution < -0.4 is 0 Å². The Bertz CT molecular complexity index is 201. The molecule has 1 rings (SSSR count). The Morgan fingerprint density at radius 1 is 1.70 bits per heavy atom. The van der Waals surface area contributed by atoms with Crippen LogP contribution in [-0.4, -0.2) is 23.1 Å². The van der Waals surface area contributed by atoms with Gasteiger partial charge in [-0.05, 0) is 17.7 Å². The first-order valence-corrected chi connectivity index (χ1v) is 6.94. The predicted molar refractivity (Wildman–Crippen MR) is 41.2 cm³/mol. The Kier molecular flexibility index (Phi) is 2.29.